The number of fused-ring (bicyclic) bond motifs is 1. The van der Waals surface area contributed by atoms with Gasteiger partial charge in [-0.15, -0.1) is 0 Å². The second-order valence-electron chi connectivity index (χ2n) is 8.16. The van der Waals surface area contributed by atoms with Gasteiger partial charge in [0.15, 0.2) is 0 Å². The zero-order chi connectivity index (χ0) is 21.9. The van der Waals surface area contributed by atoms with Crippen LogP contribution < -0.4 is 10.9 Å². The number of nitrogens with one attached hydrogen (secondary N) is 2. The number of nitrogens with zero attached hydrogens (tertiary/aromatic N) is 3. The predicted molar refractivity (Wildman–Crippen MR) is 126 cm³/mol. The highest BCUT2D eigenvalue weighted by Gasteiger charge is 2.13. The van der Waals surface area contributed by atoms with Crippen LogP contribution in [0.2, 0.25) is 0 Å². The van der Waals surface area contributed by atoms with Gasteiger partial charge in [0, 0.05) is 42.8 Å². The number of hydrogen-bond donors (Lipinski definition) is 2. The lowest BCUT2D eigenvalue weighted by atomic mass is 10.1. The Kier molecular flexibility index (Phi) is 5.75. The lowest BCUT2D eigenvalue weighted by Crippen LogP contribution is -2.35. The summed E-state index contributed by atoms with van der Waals surface area (Å²) in [6.07, 6.45) is 0. The van der Waals surface area contributed by atoms with Gasteiger partial charge in [0.05, 0.1) is 24.6 Å². The van der Waals surface area contributed by atoms with E-state index in [1.165, 1.54) is 5.56 Å². The van der Waals surface area contributed by atoms with Crippen LogP contribution in [0.25, 0.3) is 16.7 Å². The topological polar surface area (TPSA) is 75.2 Å². The highest BCUT2D eigenvalue weighted by molar-refractivity contribution is 5.80. The van der Waals surface area contributed by atoms with E-state index in [-0.39, 0.29) is 5.56 Å². The summed E-state index contributed by atoms with van der Waals surface area (Å²) in [6, 6.07) is 20.2. The Bertz CT molecular complexity index is 1260. The highest BCUT2D eigenvalue weighted by Crippen LogP contribution is 2.20. The van der Waals surface area contributed by atoms with Gasteiger partial charge in [-0.2, -0.15) is 5.10 Å². The van der Waals surface area contributed by atoms with E-state index in [0.29, 0.717) is 12.1 Å². The number of ether oxygens (including phenoxy) is 1. The molecule has 3 heterocycles. The molecule has 1 aliphatic heterocycles. The third-order valence-electron chi connectivity index (χ3n) is 5.90. The van der Waals surface area contributed by atoms with Gasteiger partial charge < -0.3 is 15.0 Å². The van der Waals surface area contributed by atoms with Crippen molar-refractivity contribution in [1.29, 1.82) is 0 Å². The predicted octanol–water partition coefficient (Wildman–Crippen LogP) is 3.47. The molecule has 1 aliphatic rings. The number of morpholine rings is 1. The molecule has 2 aromatic heterocycles. The van der Waals surface area contributed by atoms with Crippen LogP contribution in [0.5, 0.6) is 0 Å². The smallest absolute Gasteiger partial charge is 0.254 e. The van der Waals surface area contributed by atoms with Crippen molar-refractivity contribution >= 4 is 16.7 Å². The Morgan fingerprint density at radius 2 is 1.81 bits per heavy atom. The maximum Gasteiger partial charge on any atom is 0.254 e. The van der Waals surface area contributed by atoms with Gasteiger partial charge in [-0.1, -0.05) is 30.3 Å². The molecular formula is C25H27N5O2. The monoisotopic (exact) mass is 429 g/mol. The third kappa shape index (κ3) is 4.30. The molecule has 0 atom stereocenters. The molecule has 164 valence electrons. The van der Waals surface area contributed by atoms with E-state index in [9.17, 15) is 4.79 Å². The second-order valence-corrected chi connectivity index (χ2v) is 8.16. The van der Waals surface area contributed by atoms with Gasteiger partial charge in [0.1, 0.15) is 5.65 Å². The molecule has 0 spiro atoms. The number of H-pyrrole nitrogens is 1. The lowest BCUT2D eigenvalue weighted by Gasteiger charge is -2.26. The van der Waals surface area contributed by atoms with Crippen LogP contribution >= 0.6 is 0 Å². The third-order valence-corrected chi connectivity index (χ3v) is 5.90. The summed E-state index contributed by atoms with van der Waals surface area (Å²) in [5.41, 5.74) is 5.37. The fourth-order valence-corrected chi connectivity index (χ4v) is 4.09. The van der Waals surface area contributed by atoms with E-state index >= 15 is 0 Å². The summed E-state index contributed by atoms with van der Waals surface area (Å²) in [7, 11) is 0. The maximum absolute atomic E-state index is 12.8. The number of pyridine rings is 1. The Hall–Kier alpha value is -3.42. The Labute approximate surface area is 186 Å². The van der Waals surface area contributed by atoms with Gasteiger partial charge in [0.2, 0.25) is 0 Å². The van der Waals surface area contributed by atoms with Crippen LogP contribution in [0.3, 0.4) is 0 Å². The second kappa shape index (κ2) is 8.98. The number of aryl methyl sites for hydroxylation is 1. The Morgan fingerprint density at radius 3 is 2.56 bits per heavy atom. The van der Waals surface area contributed by atoms with Gasteiger partial charge in [-0.25, -0.2) is 4.68 Å². The summed E-state index contributed by atoms with van der Waals surface area (Å²) >= 11 is 0. The highest BCUT2D eigenvalue weighted by atomic mass is 16.5. The fraction of sp³-hybridized carbons (Fsp3) is 0.280. The van der Waals surface area contributed by atoms with E-state index in [0.717, 1.165) is 61.0 Å². The van der Waals surface area contributed by atoms with Crippen LogP contribution in [0, 0.1) is 6.92 Å². The molecule has 2 N–H and O–H groups in total. The quantitative estimate of drug-likeness (QED) is 0.491. The average Bonchev–Trinajstić information content (AvgIpc) is 3.15. The molecule has 0 saturated carbocycles. The van der Waals surface area contributed by atoms with Crippen LogP contribution in [-0.2, 0) is 17.8 Å². The summed E-state index contributed by atoms with van der Waals surface area (Å²) in [5.74, 6) is 0. The Balaban J connectivity index is 1.31. The minimum atomic E-state index is -0.106. The number of aromatic nitrogens is 3. The summed E-state index contributed by atoms with van der Waals surface area (Å²) in [4.78, 5) is 18.2. The molecule has 1 fully saturated rings. The molecular weight excluding hydrogens is 402 g/mol. The fourth-order valence-electron chi connectivity index (χ4n) is 4.09. The summed E-state index contributed by atoms with van der Waals surface area (Å²) in [6.45, 7) is 6.92. The molecule has 2 aromatic carbocycles. The van der Waals surface area contributed by atoms with Crippen LogP contribution in [0.1, 0.15) is 16.8 Å². The van der Waals surface area contributed by atoms with E-state index in [4.69, 9.17) is 4.74 Å². The van der Waals surface area contributed by atoms with Gasteiger partial charge >= 0.3 is 0 Å². The summed E-state index contributed by atoms with van der Waals surface area (Å²) < 4.78 is 7.20. The molecule has 5 rings (SSSR count). The van der Waals surface area contributed by atoms with Crippen molar-refractivity contribution in [2.75, 3.05) is 31.6 Å². The minimum absolute atomic E-state index is 0.106. The first-order valence-corrected chi connectivity index (χ1v) is 11.0. The normalized spacial score (nSPS) is 14.7. The largest absolute Gasteiger partial charge is 0.381 e. The number of anilines is 1. The van der Waals surface area contributed by atoms with Crippen molar-refractivity contribution in [2.45, 2.75) is 20.0 Å². The van der Waals surface area contributed by atoms with Crippen LogP contribution in [0.4, 0.5) is 5.69 Å². The van der Waals surface area contributed by atoms with E-state index < -0.39 is 0 Å². The first kappa shape index (κ1) is 20.5. The number of para-hydroxylation sites is 1. The zero-order valence-corrected chi connectivity index (χ0v) is 18.2. The Morgan fingerprint density at radius 1 is 1.06 bits per heavy atom. The van der Waals surface area contributed by atoms with E-state index in [1.807, 2.05) is 43.3 Å². The molecule has 0 radical (unpaired) electrons. The van der Waals surface area contributed by atoms with Crippen molar-refractivity contribution in [3.63, 3.8) is 0 Å². The van der Waals surface area contributed by atoms with Crippen LogP contribution in [-0.4, -0.2) is 46.0 Å². The minimum Gasteiger partial charge on any atom is -0.381 e. The molecule has 0 aliphatic carbocycles. The lowest BCUT2D eigenvalue weighted by molar-refractivity contribution is 0.0342. The van der Waals surface area contributed by atoms with E-state index in [2.05, 4.69) is 44.6 Å². The number of aromatic amines is 1. The van der Waals surface area contributed by atoms with Crippen molar-refractivity contribution in [1.82, 2.24) is 19.7 Å². The van der Waals surface area contributed by atoms with Gasteiger partial charge in [-0.05, 0) is 42.8 Å². The average molecular weight is 430 g/mol. The molecule has 7 heteroatoms. The van der Waals surface area contributed by atoms with Crippen molar-refractivity contribution in [3.8, 4) is 5.69 Å². The molecule has 0 unspecified atom stereocenters. The standard InChI is InChI=1S/C25H27N5O2/c1-18-23-15-20(25(31)27-24(23)30(28-18)22-5-3-2-4-6-22)16-26-21-9-7-19(8-10-21)17-29-11-13-32-14-12-29/h2-10,15,26H,11-14,16-17H2,1H3,(H,27,31). The number of benzene rings is 2. The SMILES string of the molecule is Cc1nn(-c2ccccc2)c2[nH]c(=O)c(CNc3ccc(CN4CCOCC4)cc3)cc12. The van der Waals surface area contributed by atoms with Crippen LogP contribution in [0.15, 0.2) is 65.5 Å². The number of hydrogen-bond acceptors (Lipinski definition) is 5. The molecule has 0 amide bonds. The van der Waals surface area contributed by atoms with Gasteiger partial charge in [0.25, 0.3) is 5.56 Å². The molecule has 4 aromatic rings. The molecule has 7 nitrogen and oxygen atoms in total. The van der Waals surface area contributed by atoms with E-state index in [1.54, 1.807) is 4.68 Å². The van der Waals surface area contributed by atoms with Crippen molar-refractivity contribution in [2.24, 2.45) is 0 Å². The zero-order valence-electron chi connectivity index (χ0n) is 18.2. The first-order chi connectivity index (χ1) is 15.7. The molecule has 0 bridgehead atoms. The first-order valence-electron chi connectivity index (χ1n) is 11.0. The van der Waals surface area contributed by atoms with Gasteiger partial charge in [-0.3, -0.25) is 9.69 Å². The van der Waals surface area contributed by atoms with Crippen molar-refractivity contribution in [3.05, 3.63) is 87.8 Å². The molecule has 1 saturated heterocycles. The maximum atomic E-state index is 12.8. The van der Waals surface area contributed by atoms with Crippen molar-refractivity contribution < 1.29 is 4.74 Å². The molecule has 32 heavy (non-hydrogen) atoms. The number of rotatable bonds is 6. The summed E-state index contributed by atoms with van der Waals surface area (Å²) in [5, 5.41) is 8.96.